The minimum absolute atomic E-state index is 0.616. The molecule has 0 bridgehead atoms. The quantitative estimate of drug-likeness (QED) is 0.891. The Morgan fingerprint density at radius 1 is 1.53 bits per heavy atom. The lowest BCUT2D eigenvalue weighted by Gasteiger charge is -2.11. The fourth-order valence-electron chi connectivity index (χ4n) is 2.43. The normalized spacial score (nSPS) is 20.2. The van der Waals surface area contributed by atoms with Crippen molar-refractivity contribution in [3.05, 3.63) is 22.7 Å². The van der Waals surface area contributed by atoms with Crippen molar-refractivity contribution >= 4 is 32.9 Å². The van der Waals surface area contributed by atoms with Crippen molar-refractivity contribution in [2.45, 2.75) is 13.0 Å². The van der Waals surface area contributed by atoms with Crippen molar-refractivity contribution in [3.63, 3.8) is 0 Å². The summed E-state index contributed by atoms with van der Waals surface area (Å²) < 4.78 is 3.19. The molecule has 1 atom stereocenters. The molecular formula is C12H15BrN4. The Morgan fingerprint density at radius 3 is 3.18 bits per heavy atom. The van der Waals surface area contributed by atoms with Crippen LogP contribution in [0, 0.1) is 5.92 Å². The minimum atomic E-state index is 0.616. The predicted octanol–water partition coefficient (Wildman–Crippen LogP) is 1.99. The van der Waals surface area contributed by atoms with E-state index in [0.29, 0.717) is 11.9 Å². The van der Waals surface area contributed by atoms with Crippen LogP contribution in [0.1, 0.15) is 6.42 Å². The van der Waals surface area contributed by atoms with Gasteiger partial charge in [0, 0.05) is 11.0 Å². The van der Waals surface area contributed by atoms with Crippen molar-refractivity contribution in [2.24, 2.45) is 5.92 Å². The Labute approximate surface area is 108 Å². The second kappa shape index (κ2) is 4.31. The van der Waals surface area contributed by atoms with Crippen molar-refractivity contribution in [3.8, 4) is 0 Å². The van der Waals surface area contributed by atoms with Gasteiger partial charge in [0.05, 0.1) is 11.0 Å². The van der Waals surface area contributed by atoms with E-state index >= 15 is 0 Å². The number of rotatable bonds is 2. The molecule has 0 aliphatic carbocycles. The predicted molar refractivity (Wildman–Crippen MR) is 72.8 cm³/mol. The molecule has 3 N–H and O–H groups in total. The molecule has 90 valence electrons. The molecule has 2 aromatic rings. The maximum Gasteiger partial charge on any atom is 0.201 e. The highest BCUT2D eigenvalue weighted by Gasteiger charge is 2.17. The van der Waals surface area contributed by atoms with Gasteiger partial charge < -0.3 is 15.6 Å². The van der Waals surface area contributed by atoms with E-state index < -0.39 is 0 Å². The first-order valence-corrected chi connectivity index (χ1v) is 6.65. The first-order chi connectivity index (χ1) is 8.24. The third kappa shape index (κ3) is 2.05. The molecule has 0 amide bonds. The van der Waals surface area contributed by atoms with Crippen LogP contribution in [0.15, 0.2) is 22.7 Å². The monoisotopic (exact) mass is 294 g/mol. The summed E-state index contributed by atoms with van der Waals surface area (Å²) >= 11 is 3.49. The van der Waals surface area contributed by atoms with Gasteiger partial charge in [0.1, 0.15) is 0 Å². The molecule has 5 heteroatoms. The van der Waals surface area contributed by atoms with Gasteiger partial charge in [0.25, 0.3) is 0 Å². The maximum absolute atomic E-state index is 6.00. The van der Waals surface area contributed by atoms with Crippen LogP contribution in [0.4, 0.5) is 5.95 Å². The number of nitrogens with two attached hydrogens (primary N) is 1. The van der Waals surface area contributed by atoms with Crippen LogP contribution in [0.3, 0.4) is 0 Å². The third-order valence-corrected chi connectivity index (χ3v) is 3.84. The van der Waals surface area contributed by atoms with Crippen LogP contribution in [-0.4, -0.2) is 22.6 Å². The smallest absolute Gasteiger partial charge is 0.201 e. The van der Waals surface area contributed by atoms with Crippen LogP contribution in [0.5, 0.6) is 0 Å². The fraction of sp³-hybridized carbons (Fsp3) is 0.417. The zero-order valence-electron chi connectivity index (χ0n) is 9.49. The topological polar surface area (TPSA) is 55.9 Å². The van der Waals surface area contributed by atoms with Gasteiger partial charge in [0.15, 0.2) is 0 Å². The molecule has 1 aromatic heterocycles. The van der Waals surface area contributed by atoms with E-state index in [0.717, 1.165) is 35.1 Å². The number of hydrogen-bond acceptors (Lipinski definition) is 3. The maximum atomic E-state index is 6.00. The molecule has 0 saturated carbocycles. The molecule has 1 unspecified atom stereocenters. The van der Waals surface area contributed by atoms with Crippen molar-refractivity contribution < 1.29 is 0 Å². The highest BCUT2D eigenvalue weighted by molar-refractivity contribution is 9.10. The summed E-state index contributed by atoms with van der Waals surface area (Å²) in [5, 5.41) is 3.38. The lowest BCUT2D eigenvalue weighted by Crippen LogP contribution is -2.15. The summed E-state index contributed by atoms with van der Waals surface area (Å²) in [6.45, 7) is 3.14. The third-order valence-electron chi connectivity index (χ3n) is 3.34. The first kappa shape index (κ1) is 11.0. The lowest BCUT2D eigenvalue weighted by atomic mass is 10.1. The van der Waals surface area contributed by atoms with E-state index in [1.165, 1.54) is 6.42 Å². The molecule has 1 aromatic carbocycles. The van der Waals surface area contributed by atoms with Crippen LogP contribution in [-0.2, 0) is 6.54 Å². The molecule has 0 spiro atoms. The molecule has 1 aliphatic heterocycles. The molecule has 2 heterocycles. The van der Waals surface area contributed by atoms with E-state index in [4.69, 9.17) is 5.73 Å². The van der Waals surface area contributed by atoms with Crippen LogP contribution < -0.4 is 11.1 Å². The Bertz CT molecular complexity index is 543. The number of imidazole rings is 1. The van der Waals surface area contributed by atoms with Gasteiger partial charge in [-0.1, -0.05) is 15.9 Å². The zero-order valence-corrected chi connectivity index (χ0v) is 11.1. The Balaban J connectivity index is 2.01. The SMILES string of the molecule is Nc1nc2ccc(Br)cc2n1CC1CCNC1. The number of aromatic nitrogens is 2. The van der Waals surface area contributed by atoms with Gasteiger partial charge in [-0.05, 0) is 43.6 Å². The second-order valence-electron chi connectivity index (χ2n) is 4.57. The number of nitrogens with one attached hydrogen (secondary N) is 1. The Morgan fingerprint density at radius 2 is 2.41 bits per heavy atom. The number of nitrogen functional groups attached to an aromatic ring is 1. The van der Waals surface area contributed by atoms with Crippen LogP contribution in [0.2, 0.25) is 0 Å². The van der Waals surface area contributed by atoms with Crippen molar-refractivity contribution in [1.29, 1.82) is 0 Å². The largest absolute Gasteiger partial charge is 0.369 e. The summed E-state index contributed by atoms with van der Waals surface area (Å²) in [5.41, 5.74) is 8.08. The second-order valence-corrected chi connectivity index (χ2v) is 5.49. The summed E-state index contributed by atoms with van der Waals surface area (Å²) in [5.74, 6) is 1.28. The van der Waals surface area contributed by atoms with Crippen LogP contribution in [0.25, 0.3) is 11.0 Å². The number of anilines is 1. The lowest BCUT2D eigenvalue weighted by molar-refractivity contribution is 0.493. The standard InChI is InChI=1S/C12H15BrN4/c13-9-1-2-10-11(5-9)17(12(14)16-10)7-8-3-4-15-6-8/h1-2,5,8,15H,3-4,6-7H2,(H2,14,16). The van der Waals surface area contributed by atoms with Gasteiger partial charge in [-0.2, -0.15) is 0 Å². The van der Waals surface area contributed by atoms with Crippen molar-refractivity contribution in [1.82, 2.24) is 14.9 Å². The van der Waals surface area contributed by atoms with Gasteiger partial charge in [-0.15, -0.1) is 0 Å². The number of hydrogen-bond donors (Lipinski definition) is 2. The van der Waals surface area contributed by atoms with E-state index in [1.807, 2.05) is 12.1 Å². The number of fused-ring (bicyclic) bond motifs is 1. The van der Waals surface area contributed by atoms with E-state index in [1.54, 1.807) is 0 Å². The average molecular weight is 295 g/mol. The van der Waals surface area contributed by atoms with Gasteiger partial charge in [-0.3, -0.25) is 0 Å². The molecule has 0 radical (unpaired) electrons. The number of benzene rings is 1. The average Bonchev–Trinajstić information content (AvgIpc) is 2.90. The number of halogens is 1. The Kier molecular flexibility index (Phi) is 2.80. The molecular weight excluding hydrogens is 280 g/mol. The molecule has 1 fully saturated rings. The van der Waals surface area contributed by atoms with E-state index in [2.05, 4.69) is 36.9 Å². The molecule has 4 nitrogen and oxygen atoms in total. The fourth-order valence-corrected chi connectivity index (χ4v) is 2.78. The Hall–Kier alpha value is -1.07. The molecule has 1 saturated heterocycles. The molecule has 17 heavy (non-hydrogen) atoms. The number of nitrogens with zero attached hydrogens (tertiary/aromatic N) is 2. The van der Waals surface area contributed by atoms with Gasteiger partial charge in [-0.25, -0.2) is 4.98 Å². The highest BCUT2D eigenvalue weighted by atomic mass is 79.9. The highest BCUT2D eigenvalue weighted by Crippen LogP contribution is 2.24. The van der Waals surface area contributed by atoms with Gasteiger partial charge in [0.2, 0.25) is 5.95 Å². The molecule has 1 aliphatic rings. The summed E-state index contributed by atoms with van der Waals surface area (Å²) in [4.78, 5) is 4.40. The van der Waals surface area contributed by atoms with E-state index in [9.17, 15) is 0 Å². The van der Waals surface area contributed by atoms with Crippen molar-refractivity contribution in [2.75, 3.05) is 18.8 Å². The molecule has 3 rings (SSSR count). The summed E-state index contributed by atoms with van der Waals surface area (Å²) in [6, 6.07) is 6.08. The van der Waals surface area contributed by atoms with E-state index in [-0.39, 0.29) is 0 Å². The minimum Gasteiger partial charge on any atom is -0.369 e. The van der Waals surface area contributed by atoms with Gasteiger partial charge >= 0.3 is 0 Å². The summed E-state index contributed by atoms with van der Waals surface area (Å²) in [7, 11) is 0. The summed E-state index contributed by atoms with van der Waals surface area (Å²) in [6.07, 6.45) is 1.22. The first-order valence-electron chi connectivity index (χ1n) is 5.86. The zero-order chi connectivity index (χ0) is 11.8. The van der Waals surface area contributed by atoms with Crippen LogP contribution >= 0.6 is 15.9 Å².